The van der Waals surface area contributed by atoms with Gasteiger partial charge in [0.05, 0.1) is 19.8 Å². The largest absolute Gasteiger partial charge is 0.490 e. The Bertz CT molecular complexity index is 1430. The second kappa shape index (κ2) is 13.2. The fourth-order valence-electron chi connectivity index (χ4n) is 4.03. The molecule has 0 saturated carbocycles. The van der Waals surface area contributed by atoms with Gasteiger partial charge in [-0.1, -0.05) is 54.4 Å². The van der Waals surface area contributed by atoms with E-state index >= 15 is 0 Å². The van der Waals surface area contributed by atoms with Gasteiger partial charge in [0, 0.05) is 10.6 Å². The number of imide groups is 2. The van der Waals surface area contributed by atoms with Gasteiger partial charge in [-0.25, -0.2) is 4.79 Å². The third-order valence-electron chi connectivity index (χ3n) is 6.08. The molecule has 1 aliphatic heterocycles. The summed E-state index contributed by atoms with van der Waals surface area (Å²) in [6.07, 6.45) is 2.23. The average Bonchev–Trinajstić information content (AvgIpc) is 2.93. The summed E-state index contributed by atoms with van der Waals surface area (Å²) in [6, 6.07) is 17.3. The van der Waals surface area contributed by atoms with Crippen molar-refractivity contribution >= 4 is 35.5 Å². The number of carbonyl (C=O) groups is 3. The summed E-state index contributed by atoms with van der Waals surface area (Å²) < 4.78 is 17.4. The zero-order valence-corrected chi connectivity index (χ0v) is 23.4. The Kier molecular flexibility index (Phi) is 9.45. The van der Waals surface area contributed by atoms with Gasteiger partial charge in [0.15, 0.2) is 11.5 Å². The van der Waals surface area contributed by atoms with Crippen molar-refractivity contribution in [2.75, 3.05) is 13.2 Å². The number of hydrogen-bond donors (Lipinski definition) is 1. The first-order chi connectivity index (χ1) is 19.3. The van der Waals surface area contributed by atoms with Gasteiger partial charge >= 0.3 is 6.03 Å². The van der Waals surface area contributed by atoms with Crippen LogP contribution in [0.3, 0.4) is 0 Å². The van der Waals surface area contributed by atoms with Crippen LogP contribution < -0.4 is 19.5 Å². The lowest BCUT2D eigenvalue weighted by atomic mass is 10.1. The number of halogens is 1. The molecule has 0 spiro atoms. The quantitative estimate of drug-likeness (QED) is 0.225. The van der Waals surface area contributed by atoms with Crippen LogP contribution in [0.2, 0.25) is 5.02 Å². The van der Waals surface area contributed by atoms with Gasteiger partial charge in [-0.2, -0.15) is 0 Å². The minimum absolute atomic E-state index is 0.0737. The van der Waals surface area contributed by atoms with Crippen molar-refractivity contribution in [1.82, 2.24) is 10.2 Å². The van der Waals surface area contributed by atoms with E-state index in [9.17, 15) is 14.4 Å². The van der Waals surface area contributed by atoms with Gasteiger partial charge in [0.1, 0.15) is 17.9 Å². The molecule has 4 rings (SSSR count). The van der Waals surface area contributed by atoms with Crippen LogP contribution in [0.1, 0.15) is 42.5 Å². The second-order valence-electron chi connectivity index (χ2n) is 9.23. The molecular formula is C31H31ClN2O6. The Labute approximate surface area is 238 Å². The van der Waals surface area contributed by atoms with Crippen molar-refractivity contribution in [3.8, 4) is 17.2 Å². The van der Waals surface area contributed by atoms with E-state index in [1.165, 1.54) is 6.08 Å². The molecule has 1 aliphatic rings. The second-order valence-corrected chi connectivity index (χ2v) is 9.66. The molecule has 1 N–H and O–H groups in total. The summed E-state index contributed by atoms with van der Waals surface area (Å²) in [5.74, 6) is -0.00160. The highest BCUT2D eigenvalue weighted by Gasteiger charge is 2.36. The molecule has 1 heterocycles. The number of hydrogen-bond acceptors (Lipinski definition) is 6. The molecule has 208 valence electrons. The summed E-state index contributed by atoms with van der Waals surface area (Å²) in [7, 11) is 0. The molecule has 0 aliphatic carbocycles. The summed E-state index contributed by atoms with van der Waals surface area (Å²) in [6.45, 7) is 7.02. The highest BCUT2D eigenvalue weighted by atomic mass is 35.5. The first kappa shape index (κ1) is 28.7. The smallest absolute Gasteiger partial charge is 0.331 e. The first-order valence-corrected chi connectivity index (χ1v) is 13.4. The van der Waals surface area contributed by atoms with E-state index in [4.69, 9.17) is 25.8 Å². The van der Waals surface area contributed by atoms with Gasteiger partial charge in [0.2, 0.25) is 0 Å². The fourth-order valence-corrected chi connectivity index (χ4v) is 4.22. The number of ether oxygens (including phenoxy) is 3. The third kappa shape index (κ3) is 7.01. The minimum Gasteiger partial charge on any atom is -0.490 e. The van der Waals surface area contributed by atoms with Crippen LogP contribution >= 0.6 is 11.6 Å². The number of urea groups is 1. The molecule has 1 saturated heterocycles. The Morgan fingerprint density at radius 3 is 2.30 bits per heavy atom. The van der Waals surface area contributed by atoms with Gasteiger partial charge in [-0.15, -0.1) is 0 Å². The number of carbonyl (C=O) groups excluding carboxylic acids is 3. The molecule has 3 aromatic rings. The third-order valence-corrected chi connectivity index (χ3v) is 6.32. The van der Waals surface area contributed by atoms with E-state index in [-0.39, 0.29) is 18.7 Å². The average molecular weight is 563 g/mol. The van der Waals surface area contributed by atoms with Crippen LogP contribution in [0, 0.1) is 6.92 Å². The number of barbiturate groups is 1. The predicted molar refractivity (Wildman–Crippen MR) is 152 cm³/mol. The van der Waals surface area contributed by atoms with Crippen molar-refractivity contribution in [3.63, 3.8) is 0 Å². The molecule has 9 heteroatoms. The van der Waals surface area contributed by atoms with E-state index in [1.54, 1.807) is 36.4 Å². The maximum Gasteiger partial charge on any atom is 0.331 e. The Morgan fingerprint density at radius 1 is 0.850 bits per heavy atom. The zero-order chi connectivity index (χ0) is 28.6. The number of rotatable bonds is 11. The molecule has 40 heavy (non-hydrogen) atoms. The molecule has 4 amide bonds. The number of benzene rings is 3. The van der Waals surface area contributed by atoms with Crippen LogP contribution in [0.25, 0.3) is 6.08 Å². The van der Waals surface area contributed by atoms with E-state index < -0.39 is 17.8 Å². The molecule has 0 atom stereocenters. The molecule has 1 fully saturated rings. The maximum atomic E-state index is 13.4. The maximum absolute atomic E-state index is 13.4. The van der Waals surface area contributed by atoms with Crippen molar-refractivity contribution in [2.45, 2.75) is 40.3 Å². The highest BCUT2D eigenvalue weighted by molar-refractivity contribution is 6.32. The fraction of sp³-hybridized carbons (Fsp3) is 0.258. The number of amides is 4. The van der Waals surface area contributed by atoms with Gasteiger partial charge in [0.25, 0.3) is 11.8 Å². The summed E-state index contributed by atoms with van der Waals surface area (Å²) in [5, 5.41) is 2.66. The molecule has 0 bridgehead atoms. The Morgan fingerprint density at radius 2 is 1.57 bits per heavy atom. The predicted octanol–water partition coefficient (Wildman–Crippen LogP) is 6.08. The molecule has 0 aromatic heterocycles. The van der Waals surface area contributed by atoms with E-state index in [1.807, 2.05) is 45.0 Å². The lowest BCUT2D eigenvalue weighted by Gasteiger charge is -2.27. The number of nitrogens with one attached hydrogen (secondary N) is 1. The molecular weight excluding hydrogens is 532 g/mol. The van der Waals surface area contributed by atoms with Crippen LogP contribution in [-0.2, 0) is 22.7 Å². The Hall–Kier alpha value is -4.30. The number of aryl methyl sites for hydroxylation is 1. The monoisotopic (exact) mass is 562 g/mol. The van der Waals surface area contributed by atoms with Crippen LogP contribution in [0.4, 0.5) is 4.79 Å². The summed E-state index contributed by atoms with van der Waals surface area (Å²) in [5.41, 5.74) is 2.95. The Balaban J connectivity index is 1.59. The molecule has 8 nitrogen and oxygen atoms in total. The topological polar surface area (TPSA) is 94.2 Å². The lowest BCUT2D eigenvalue weighted by molar-refractivity contribution is -0.130. The van der Waals surface area contributed by atoms with Crippen molar-refractivity contribution in [3.05, 3.63) is 93.5 Å². The normalized spacial score (nSPS) is 14.3. The van der Waals surface area contributed by atoms with Crippen LogP contribution in [-0.4, -0.2) is 36.0 Å². The molecule has 0 unspecified atom stereocenters. The van der Waals surface area contributed by atoms with Crippen LogP contribution in [0.15, 0.2) is 66.2 Å². The zero-order valence-electron chi connectivity index (χ0n) is 22.7. The van der Waals surface area contributed by atoms with Crippen LogP contribution in [0.5, 0.6) is 17.2 Å². The summed E-state index contributed by atoms with van der Waals surface area (Å²) >= 11 is 6.23. The first-order valence-electron chi connectivity index (χ1n) is 13.0. The lowest BCUT2D eigenvalue weighted by Crippen LogP contribution is -2.53. The number of nitrogens with zero attached hydrogens (tertiary/aromatic N) is 1. The van der Waals surface area contributed by atoms with E-state index in [0.29, 0.717) is 46.6 Å². The van der Waals surface area contributed by atoms with Crippen molar-refractivity contribution in [1.29, 1.82) is 0 Å². The molecule has 3 aromatic carbocycles. The van der Waals surface area contributed by atoms with Gasteiger partial charge in [-0.3, -0.25) is 19.8 Å². The standard InChI is InChI=1S/C31H31ClN2O6/c1-4-14-39-27-12-10-22(15-28(27)38-5-2)18-34-30(36)25(29(35)33-31(34)37)17-23-16-24(32)11-13-26(23)40-19-21-8-6-20(3)7-9-21/h6-13,15-17H,4-5,14,18-19H2,1-3H3,(H,33,35,37)/b25-17+. The highest BCUT2D eigenvalue weighted by Crippen LogP contribution is 2.31. The van der Waals surface area contributed by atoms with Crippen molar-refractivity contribution < 1.29 is 28.6 Å². The summed E-state index contributed by atoms with van der Waals surface area (Å²) in [4.78, 5) is 39.8. The minimum atomic E-state index is -0.807. The van der Waals surface area contributed by atoms with Gasteiger partial charge in [-0.05, 0) is 67.8 Å². The SMILES string of the molecule is CCCOc1ccc(CN2C(=O)NC(=O)/C(=C\c3cc(Cl)ccc3OCc3ccc(C)cc3)C2=O)cc1OCC. The van der Waals surface area contributed by atoms with E-state index in [2.05, 4.69) is 5.32 Å². The molecule has 0 radical (unpaired) electrons. The van der Waals surface area contributed by atoms with Crippen molar-refractivity contribution in [2.24, 2.45) is 0 Å². The van der Waals surface area contributed by atoms with E-state index in [0.717, 1.165) is 22.4 Å². The van der Waals surface area contributed by atoms with Gasteiger partial charge < -0.3 is 14.2 Å².